The summed E-state index contributed by atoms with van der Waals surface area (Å²) in [4.78, 5) is 0. The van der Waals surface area contributed by atoms with Crippen LogP contribution < -0.4 is 21.2 Å². The van der Waals surface area contributed by atoms with Crippen LogP contribution in [-0.2, 0) is 9.13 Å². The van der Waals surface area contributed by atoms with E-state index in [1.165, 1.54) is 19.3 Å². The van der Waals surface area contributed by atoms with Crippen LogP contribution in [0.1, 0.15) is 46.0 Å². The highest BCUT2D eigenvalue weighted by Crippen LogP contribution is 2.73. The highest BCUT2D eigenvalue weighted by Gasteiger charge is 2.58. The second-order valence-electron chi connectivity index (χ2n) is 11.2. The van der Waals surface area contributed by atoms with E-state index in [9.17, 15) is 0 Å². The Morgan fingerprint density at radius 3 is 1.11 bits per heavy atom. The van der Waals surface area contributed by atoms with Crippen LogP contribution in [0.2, 0.25) is 0 Å². The first-order chi connectivity index (χ1) is 18.4. The third-order valence-corrected chi connectivity index (χ3v) is 17.5. The van der Waals surface area contributed by atoms with Gasteiger partial charge in [0.2, 0.25) is 0 Å². The first-order valence-electron chi connectivity index (χ1n) is 13.8. The second kappa shape index (κ2) is 11.2. The number of hydrogen-bond acceptors (Lipinski definition) is 2. The van der Waals surface area contributed by atoms with Crippen molar-refractivity contribution in [3.8, 4) is 0 Å². The van der Waals surface area contributed by atoms with Gasteiger partial charge in [-0.3, -0.25) is 0 Å². The summed E-state index contributed by atoms with van der Waals surface area (Å²) in [6.45, 7) is 4.51. The summed E-state index contributed by atoms with van der Waals surface area (Å²) in [6, 6.07) is 39.4. The van der Waals surface area contributed by atoms with Crippen molar-refractivity contribution in [2.45, 2.75) is 51.4 Å². The van der Waals surface area contributed by atoms with E-state index >= 15 is 9.13 Å². The third-order valence-electron chi connectivity index (χ3n) is 8.57. The predicted octanol–water partition coefficient (Wildman–Crippen LogP) is 7.95. The zero-order valence-electron chi connectivity index (χ0n) is 22.4. The zero-order chi connectivity index (χ0) is 26.6. The molecule has 0 spiro atoms. The lowest BCUT2D eigenvalue weighted by Crippen LogP contribution is -2.45. The van der Waals surface area contributed by atoms with Crippen molar-refractivity contribution >= 4 is 35.5 Å². The first-order valence-corrected chi connectivity index (χ1v) is 17.4. The SMILES string of the molecule is CC(C)(C1CCCCC1)C(P(=O)(c1ccccc1)c1ccccc1)P(=O)(c1ccccc1)c1ccccc1. The van der Waals surface area contributed by atoms with Gasteiger partial charge in [0.1, 0.15) is 0 Å². The minimum Gasteiger partial charge on any atom is -0.313 e. The van der Waals surface area contributed by atoms with Gasteiger partial charge in [0.05, 0.1) is 5.40 Å². The van der Waals surface area contributed by atoms with Gasteiger partial charge < -0.3 is 9.13 Å². The molecule has 1 aliphatic carbocycles. The molecule has 0 amide bonds. The van der Waals surface area contributed by atoms with Crippen LogP contribution in [0.15, 0.2) is 121 Å². The van der Waals surface area contributed by atoms with Gasteiger partial charge in [0, 0.05) is 21.2 Å². The molecule has 1 aliphatic rings. The van der Waals surface area contributed by atoms with E-state index in [4.69, 9.17) is 0 Å². The summed E-state index contributed by atoms with van der Waals surface area (Å²) in [6.07, 6.45) is 5.74. The molecule has 4 aromatic rings. The fourth-order valence-corrected chi connectivity index (χ4v) is 16.6. The Balaban J connectivity index is 1.89. The molecule has 0 bridgehead atoms. The van der Waals surface area contributed by atoms with Crippen LogP contribution >= 0.6 is 14.3 Å². The molecule has 1 saturated carbocycles. The van der Waals surface area contributed by atoms with E-state index in [-0.39, 0.29) is 0 Å². The van der Waals surface area contributed by atoms with Crippen LogP contribution in [0.5, 0.6) is 0 Å². The molecule has 196 valence electrons. The molecule has 5 rings (SSSR count). The molecule has 0 unspecified atom stereocenters. The van der Waals surface area contributed by atoms with Crippen LogP contribution in [-0.4, -0.2) is 5.40 Å². The van der Waals surface area contributed by atoms with Gasteiger partial charge in [-0.15, -0.1) is 0 Å². The molecule has 0 aromatic heterocycles. The largest absolute Gasteiger partial charge is 0.313 e. The summed E-state index contributed by atoms with van der Waals surface area (Å²) in [5, 5.41) is 2.54. The Hall–Kier alpha value is -2.66. The third kappa shape index (κ3) is 4.79. The van der Waals surface area contributed by atoms with Crippen LogP contribution in [0.25, 0.3) is 0 Å². The summed E-state index contributed by atoms with van der Waals surface area (Å²) >= 11 is 0. The number of hydrogen-bond donors (Lipinski definition) is 0. The lowest BCUT2D eigenvalue weighted by atomic mass is 9.72. The summed E-state index contributed by atoms with van der Waals surface area (Å²) < 4.78 is 32.5. The molecular formula is C34H38O2P2. The Bertz CT molecular complexity index is 1230. The molecule has 0 heterocycles. The quantitative estimate of drug-likeness (QED) is 0.213. The van der Waals surface area contributed by atoms with Gasteiger partial charge in [0.25, 0.3) is 0 Å². The zero-order valence-corrected chi connectivity index (χ0v) is 24.2. The molecule has 0 saturated heterocycles. The van der Waals surface area contributed by atoms with Gasteiger partial charge in [-0.05, 0) is 24.2 Å². The summed E-state index contributed by atoms with van der Waals surface area (Å²) in [5.41, 5.74) is -0.456. The van der Waals surface area contributed by atoms with Gasteiger partial charge in [0.15, 0.2) is 14.3 Å². The fourth-order valence-electron chi connectivity index (χ4n) is 6.68. The van der Waals surface area contributed by atoms with E-state index in [0.29, 0.717) is 5.92 Å². The normalized spacial score (nSPS) is 15.4. The van der Waals surface area contributed by atoms with E-state index < -0.39 is 25.1 Å². The fraction of sp³-hybridized carbons (Fsp3) is 0.294. The first kappa shape index (κ1) is 26.9. The Morgan fingerprint density at radius 2 is 0.816 bits per heavy atom. The van der Waals surface area contributed by atoms with Gasteiger partial charge in [-0.25, -0.2) is 0 Å². The highest BCUT2D eigenvalue weighted by molar-refractivity contribution is 7.95. The molecule has 1 fully saturated rings. The minimum absolute atomic E-state index is 0.336. The molecule has 2 nitrogen and oxygen atoms in total. The van der Waals surface area contributed by atoms with Crippen molar-refractivity contribution < 1.29 is 9.13 Å². The van der Waals surface area contributed by atoms with Crippen molar-refractivity contribution in [3.63, 3.8) is 0 Å². The van der Waals surface area contributed by atoms with E-state index in [1.807, 2.05) is 121 Å². The maximum atomic E-state index is 16.2. The van der Waals surface area contributed by atoms with Crippen molar-refractivity contribution in [1.82, 2.24) is 0 Å². The molecular weight excluding hydrogens is 502 g/mol. The van der Waals surface area contributed by atoms with Crippen molar-refractivity contribution in [1.29, 1.82) is 0 Å². The number of rotatable bonds is 8. The lowest BCUT2D eigenvalue weighted by Gasteiger charge is -2.49. The van der Waals surface area contributed by atoms with Crippen LogP contribution in [0, 0.1) is 11.3 Å². The topological polar surface area (TPSA) is 34.1 Å². The molecule has 0 N–H and O–H groups in total. The van der Waals surface area contributed by atoms with Gasteiger partial charge in [-0.2, -0.15) is 0 Å². The molecule has 0 atom stereocenters. The van der Waals surface area contributed by atoms with Crippen molar-refractivity contribution in [2.24, 2.45) is 11.3 Å². The maximum Gasteiger partial charge on any atom is 0.154 e. The van der Waals surface area contributed by atoms with Crippen LogP contribution in [0.3, 0.4) is 0 Å². The second-order valence-corrected chi connectivity index (χ2v) is 17.3. The van der Waals surface area contributed by atoms with Crippen LogP contribution in [0.4, 0.5) is 0 Å². The number of benzene rings is 4. The van der Waals surface area contributed by atoms with E-state index in [0.717, 1.165) is 34.1 Å². The van der Waals surface area contributed by atoms with Gasteiger partial charge in [-0.1, -0.05) is 154 Å². The standard InChI is InChI=1S/C34H38O2P2/c1-34(2,28-18-8-3-9-19-28)33(37(35,29-20-10-4-11-21-29)30-22-12-5-13-23-30)38(36,31-24-14-6-15-25-31)32-26-16-7-17-27-32/h4-7,10-17,20-28,33H,3,8-9,18-19H2,1-2H3. The molecule has 0 radical (unpaired) electrons. The monoisotopic (exact) mass is 540 g/mol. The van der Waals surface area contributed by atoms with Gasteiger partial charge >= 0.3 is 0 Å². The molecule has 38 heavy (non-hydrogen) atoms. The Kier molecular flexibility index (Phi) is 7.95. The Morgan fingerprint density at radius 1 is 0.526 bits per heavy atom. The molecule has 4 aromatic carbocycles. The molecule has 0 aliphatic heterocycles. The van der Waals surface area contributed by atoms with E-state index in [2.05, 4.69) is 13.8 Å². The summed E-state index contributed by atoms with van der Waals surface area (Å²) in [5.74, 6) is 0.336. The van der Waals surface area contributed by atoms with E-state index in [1.54, 1.807) is 0 Å². The minimum atomic E-state index is -3.44. The van der Waals surface area contributed by atoms with Crippen molar-refractivity contribution in [2.75, 3.05) is 0 Å². The Labute approximate surface area is 228 Å². The highest BCUT2D eigenvalue weighted by atomic mass is 31.2. The predicted molar refractivity (Wildman–Crippen MR) is 164 cm³/mol. The summed E-state index contributed by atoms with van der Waals surface area (Å²) in [7, 11) is -6.88. The average molecular weight is 541 g/mol. The van der Waals surface area contributed by atoms with Crippen molar-refractivity contribution in [3.05, 3.63) is 121 Å². The smallest absolute Gasteiger partial charge is 0.154 e. The molecule has 4 heteroatoms. The lowest BCUT2D eigenvalue weighted by molar-refractivity contribution is 0.171. The maximum absolute atomic E-state index is 16.2. The average Bonchev–Trinajstić information content (AvgIpc) is 2.99.